The molecular formula is C12H17NO2. The SMILES string of the molecule is Cc1cccc(N(C)C(=O)C(C)(C)O)c1. The van der Waals surface area contributed by atoms with Crippen molar-refractivity contribution in [2.45, 2.75) is 26.4 Å². The molecule has 0 saturated carbocycles. The van der Waals surface area contributed by atoms with Crippen molar-refractivity contribution >= 4 is 11.6 Å². The molecular weight excluding hydrogens is 190 g/mol. The third-order valence-corrected chi connectivity index (χ3v) is 2.22. The second-order valence-electron chi connectivity index (χ2n) is 4.26. The van der Waals surface area contributed by atoms with Crippen molar-refractivity contribution in [3.63, 3.8) is 0 Å². The molecule has 3 heteroatoms. The van der Waals surface area contributed by atoms with E-state index in [1.165, 1.54) is 18.7 Å². The molecule has 0 radical (unpaired) electrons. The molecule has 0 aromatic heterocycles. The van der Waals surface area contributed by atoms with Crippen LogP contribution in [0.5, 0.6) is 0 Å². The summed E-state index contributed by atoms with van der Waals surface area (Å²) in [6, 6.07) is 7.60. The molecule has 1 N–H and O–H groups in total. The molecule has 3 nitrogen and oxygen atoms in total. The number of nitrogens with zero attached hydrogens (tertiary/aromatic N) is 1. The van der Waals surface area contributed by atoms with Crippen LogP contribution in [0.3, 0.4) is 0 Å². The van der Waals surface area contributed by atoms with E-state index >= 15 is 0 Å². The van der Waals surface area contributed by atoms with Gasteiger partial charge in [0.1, 0.15) is 5.60 Å². The molecule has 1 aromatic rings. The number of likely N-dealkylation sites (N-methyl/N-ethyl adjacent to an activating group) is 1. The van der Waals surface area contributed by atoms with Gasteiger partial charge in [-0.3, -0.25) is 4.79 Å². The molecule has 0 aliphatic heterocycles. The molecule has 0 heterocycles. The average molecular weight is 207 g/mol. The largest absolute Gasteiger partial charge is 0.381 e. The fraction of sp³-hybridized carbons (Fsp3) is 0.417. The van der Waals surface area contributed by atoms with Gasteiger partial charge in [-0.2, -0.15) is 0 Å². The molecule has 0 saturated heterocycles. The average Bonchev–Trinajstić information content (AvgIpc) is 2.14. The molecule has 0 bridgehead atoms. The highest BCUT2D eigenvalue weighted by Crippen LogP contribution is 2.17. The molecule has 0 aliphatic carbocycles. The van der Waals surface area contributed by atoms with Gasteiger partial charge in [0.05, 0.1) is 0 Å². The van der Waals surface area contributed by atoms with Crippen molar-refractivity contribution in [3.05, 3.63) is 29.8 Å². The highest BCUT2D eigenvalue weighted by Gasteiger charge is 2.27. The van der Waals surface area contributed by atoms with Crippen LogP contribution in [0.4, 0.5) is 5.69 Å². The fourth-order valence-corrected chi connectivity index (χ4v) is 1.36. The maximum Gasteiger partial charge on any atom is 0.258 e. The van der Waals surface area contributed by atoms with E-state index in [-0.39, 0.29) is 5.91 Å². The van der Waals surface area contributed by atoms with Crippen LogP contribution < -0.4 is 4.90 Å². The first-order chi connectivity index (χ1) is 6.82. The topological polar surface area (TPSA) is 40.5 Å². The van der Waals surface area contributed by atoms with Crippen molar-refractivity contribution < 1.29 is 9.90 Å². The summed E-state index contributed by atoms with van der Waals surface area (Å²) in [5.74, 6) is -0.312. The van der Waals surface area contributed by atoms with Gasteiger partial charge < -0.3 is 10.0 Å². The van der Waals surface area contributed by atoms with E-state index < -0.39 is 5.60 Å². The number of aryl methyl sites for hydroxylation is 1. The summed E-state index contributed by atoms with van der Waals surface area (Å²) < 4.78 is 0. The minimum absolute atomic E-state index is 0.312. The molecule has 1 aromatic carbocycles. The minimum Gasteiger partial charge on any atom is -0.381 e. The number of carbonyl (C=O) groups excluding carboxylic acids is 1. The molecule has 1 rings (SSSR count). The quantitative estimate of drug-likeness (QED) is 0.802. The van der Waals surface area contributed by atoms with Crippen LogP contribution >= 0.6 is 0 Å². The Morgan fingerprint density at radius 1 is 1.40 bits per heavy atom. The van der Waals surface area contributed by atoms with Crippen LogP contribution in [0.2, 0.25) is 0 Å². The van der Waals surface area contributed by atoms with Gasteiger partial charge in [-0.1, -0.05) is 12.1 Å². The lowest BCUT2D eigenvalue weighted by Gasteiger charge is -2.25. The van der Waals surface area contributed by atoms with E-state index in [1.807, 2.05) is 31.2 Å². The van der Waals surface area contributed by atoms with Crippen molar-refractivity contribution in [1.29, 1.82) is 0 Å². The van der Waals surface area contributed by atoms with Crippen molar-refractivity contribution in [2.24, 2.45) is 0 Å². The predicted octanol–water partition coefficient (Wildman–Crippen LogP) is 1.73. The second-order valence-corrected chi connectivity index (χ2v) is 4.26. The van der Waals surface area contributed by atoms with Gasteiger partial charge in [0, 0.05) is 12.7 Å². The summed E-state index contributed by atoms with van der Waals surface area (Å²) >= 11 is 0. The van der Waals surface area contributed by atoms with Gasteiger partial charge in [-0.15, -0.1) is 0 Å². The van der Waals surface area contributed by atoms with Crippen LogP contribution in [-0.4, -0.2) is 23.7 Å². The Morgan fingerprint density at radius 2 is 2.00 bits per heavy atom. The van der Waals surface area contributed by atoms with E-state index in [2.05, 4.69) is 0 Å². The van der Waals surface area contributed by atoms with E-state index in [0.717, 1.165) is 11.3 Å². The highest BCUT2D eigenvalue weighted by atomic mass is 16.3. The molecule has 0 spiro atoms. The Balaban J connectivity index is 2.95. The van der Waals surface area contributed by atoms with Crippen LogP contribution in [0.25, 0.3) is 0 Å². The zero-order valence-electron chi connectivity index (χ0n) is 9.61. The van der Waals surface area contributed by atoms with Crippen molar-refractivity contribution in [1.82, 2.24) is 0 Å². The Kier molecular flexibility index (Phi) is 3.15. The Morgan fingerprint density at radius 3 is 2.47 bits per heavy atom. The van der Waals surface area contributed by atoms with Gasteiger partial charge in [-0.05, 0) is 38.5 Å². The predicted molar refractivity (Wildman–Crippen MR) is 60.9 cm³/mol. The number of rotatable bonds is 2. The maximum absolute atomic E-state index is 11.8. The Labute approximate surface area is 90.3 Å². The van der Waals surface area contributed by atoms with Gasteiger partial charge >= 0.3 is 0 Å². The van der Waals surface area contributed by atoms with E-state index in [9.17, 15) is 9.90 Å². The molecule has 0 aliphatic rings. The lowest BCUT2D eigenvalue weighted by molar-refractivity contribution is -0.133. The standard InChI is InChI=1S/C12H17NO2/c1-9-6-5-7-10(8-9)13(4)11(14)12(2,3)15/h5-8,15H,1-4H3. The van der Waals surface area contributed by atoms with Crippen molar-refractivity contribution in [3.8, 4) is 0 Å². The van der Waals surface area contributed by atoms with Gasteiger partial charge in [0.15, 0.2) is 0 Å². The van der Waals surface area contributed by atoms with Crippen LogP contribution in [0.1, 0.15) is 19.4 Å². The van der Waals surface area contributed by atoms with Crippen LogP contribution in [-0.2, 0) is 4.79 Å². The molecule has 1 amide bonds. The lowest BCUT2D eigenvalue weighted by Crippen LogP contribution is -2.43. The number of aliphatic hydroxyl groups is 1. The van der Waals surface area contributed by atoms with Gasteiger partial charge in [0.25, 0.3) is 5.91 Å². The number of anilines is 1. The summed E-state index contributed by atoms with van der Waals surface area (Å²) in [7, 11) is 1.66. The zero-order valence-corrected chi connectivity index (χ0v) is 9.61. The Hall–Kier alpha value is -1.35. The number of amides is 1. The second kappa shape index (κ2) is 4.03. The summed E-state index contributed by atoms with van der Waals surface area (Å²) in [6.45, 7) is 4.94. The highest BCUT2D eigenvalue weighted by molar-refractivity contribution is 5.98. The normalized spacial score (nSPS) is 11.3. The number of benzene rings is 1. The van der Waals surface area contributed by atoms with Crippen LogP contribution in [0.15, 0.2) is 24.3 Å². The molecule has 0 atom stereocenters. The summed E-state index contributed by atoms with van der Waals surface area (Å²) in [5.41, 5.74) is 0.545. The van der Waals surface area contributed by atoms with E-state index in [1.54, 1.807) is 7.05 Å². The first-order valence-corrected chi connectivity index (χ1v) is 4.89. The molecule has 82 valence electrons. The summed E-state index contributed by atoms with van der Waals surface area (Å²) in [4.78, 5) is 13.2. The summed E-state index contributed by atoms with van der Waals surface area (Å²) in [5, 5.41) is 9.60. The van der Waals surface area contributed by atoms with Crippen molar-refractivity contribution in [2.75, 3.05) is 11.9 Å². The third kappa shape index (κ3) is 2.80. The molecule has 15 heavy (non-hydrogen) atoms. The monoisotopic (exact) mass is 207 g/mol. The van der Waals surface area contributed by atoms with E-state index in [0.29, 0.717) is 0 Å². The number of hydrogen-bond acceptors (Lipinski definition) is 2. The zero-order chi connectivity index (χ0) is 11.6. The maximum atomic E-state index is 11.8. The smallest absolute Gasteiger partial charge is 0.258 e. The third-order valence-electron chi connectivity index (χ3n) is 2.22. The van der Waals surface area contributed by atoms with Gasteiger partial charge in [0.2, 0.25) is 0 Å². The molecule has 0 fully saturated rings. The fourth-order valence-electron chi connectivity index (χ4n) is 1.36. The number of carbonyl (C=O) groups is 1. The van der Waals surface area contributed by atoms with E-state index in [4.69, 9.17) is 0 Å². The molecule has 0 unspecified atom stereocenters. The minimum atomic E-state index is -1.33. The first-order valence-electron chi connectivity index (χ1n) is 4.89. The number of hydrogen-bond donors (Lipinski definition) is 1. The van der Waals surface area contributed by atoms with Gasteiger partial charge in [-0.25, -0.2) is 0 Å². The summed E-state index contributed by atoms with van der Waals surface area (Å²) in [6.07, 6.45) is 0. The van der Waals surface area contributed by atoms with Crippen LogP contribution in [0, 0.1) is 6.92 Å². The lowest BCUT2D eigenvalue weighted by atomic mass is 10.1. The Bertz CT molecular complexity index is 366. The first kappa shape index (κ1) is 11.7.